The summed E-state index contributed by atoms with van der Waals surface area (Å²) in [6.45, 7) is 1.84. The summed E-state index contributed by atoms with van der Waals surface area (Å²) in [7, 11) is 0. The summed E-state index contributed by atoms with van der Waals surface area (Å²) in [6, 6.07) is 0. The number of carboxylic acid groups (broad SMARTS) is 1. The predicted octanol–water partition coefficient (Wildman–Crippen LogP) is 0.807. The van der Waals surface area contributed by atoms with Crippen molar-refractivity contribution >= 4 is 34.6 Å². The van der Waals surface area contributed by atoms with E-state index in [-0.39, 0.29) is 34.9 Å². The van der Waals surface area contributed by atoms with Crippen LogP contribution in [-0.2, 0) is 9.59 Å². The van der Waals surface area contributed by atoms with E-state index in [1.807, 2.05) is 0 Å². The zero-order valence-electron chi connectivity index (χ0n) is 10.8. The summed E-state index contributed by atoms with van der Waals surface area (Å²) in [5.41, 5.74) is -0.235. The van der Waals surface area contributed by atoms with Gasteiger partial charge in [-0.3, -0.25) is 14.5 Å². The molecule has 1 N–H and O–H groups in total. The van der Waals surface area contributed by atoms with Crippen LogP contribution in [0.25, 0.3) is 0 Å². The molecule has 2 heterocycles. The van der Waals surface area contributed by atoms with Crippen molar-refractivity contribution in [2.75, 3.05) is 17.2 Å². The second-order valence-electron chi connectivity index (χ2n) is 4.41. The molecule has 2 rings (SSSR count). The average Bonchev–Trinajstić information content (AvgIpc) is 2.77. The van der Waals surface area contributed by atoms with Gasteiger partial charge in [-0.05, 0) is 5.92 Å². The smallest absolute Gasteiger partial charge is 0.358 e. The van der Waals surface area contributed by atoms with Crippen LogP contribution in [0.2, 0.25) is 0 Å². The van der Waals surface area contributed by atoms with Crippen LogP contribution in [0.1, 0.15) is 23.8 Å². The number of nitrogens with zero attached hydrogens (tertiary/aromatic N) is 3. The van der Waals surface area contributed by atoms with E-state index in [1.54, 1.807) is 0 Å². The number of amides is 1. The van der Waals surface area contributed by atoms with Crippen molar-refractivity contribution in [3.63, 3.8) is 0 Å². The molecular weight excluding hydrogens is 282 g/mol. The molecule has 1 fully saturated rings. The van der Waals surface area contributed by atoms with E-state index in [1.165, 1.54) is 36.0 Å². The highest BCUT2D eigenvalue weighted by Crippen LogP contribution is 2.27. The molecule has 1 aromatic rings. The summed E-state index contributed by atoms with van der Waals surface area (Å²) in [5.74, 6) is -0.787. The predicted molar refractivity (Wildman–Crippen MR) is 72.6 cm³/mol. The molecule has 1 aliphatic rings. The third-order valence-electron chi connectivity index (χ3n) is 2.86. The van der Waals surface area contributed by atoms with Crippen molar-refractivity contribution in [3.8, 4) is 0 Å². The summed E-state index contributed by atoms with van der Waals surface area (Å²) in [5, 5.41) is 9.07. The van der Waals surface area contributed by atoms with Gasteiger partial charge in [-0.25, -0.2) is 14.8 Å². The molecule has 20 heavy (non-hydrogen) atoms. The van der Waals surface area contributed by atoms with E-state index >= 15 is 0 Å². The Balaban J connectivity index is 2.16. The lowest BCUT2D eigenvalue weighted by Crippen LogP contribution is -2.28. The molecule has 0 aromatic carbocycles. The van der Waals surface area contributed by atoms with Gasteiger partial charge in [-0.1, -0.05) is 11.8 Å². The van der Waals surface area contributed by atoms with E-state index in [9.17, 15) is 14.4 Å². The van der Waals surface area contributed by atoms with E-state index in [0.29, 0.717) is 12.3 Å². The molecular formula is C12H13N3O4S. The number of thioether (sulfide) groups is 1. The number of hydrogen-bond acceptors (Lipinski definition) is 6. The van der Waals surface area contributed by atoms with Crippen LogP contribution >= 0.6 is 11.8 Å². The van der Waals surface area contributed by atoms with Crippen LogP contribution in [0.5, 0.6) is 0 Å². The quantitative estimate of drug-likeness (QED) is 0.877. The maximum absolute atomic E-state index is 12.0. The molecule has 1 atom stereocenters. The number of rotatable bonds is 4. The molecule has 1 amide bonds. The van der Waals surface area contributed by atoms with Gasteiger partial charge in [-0.2, -0.15) is 0 Å². The van der Waals surface area contributed by atoms with Crippen LogP contribution in [0, 0.1) is 5.92 Å². The monoisotopic (exact) mass is 295 g/mol. The van der Waals surface area contributed by atoms with Crippen LogP contribution in [0.4, 0.5) is 5.82 Å². The highest BCUT2D eigenvalue weighted by molar-refractivity contribution is 8.13. The molecule has 1 unspecified atom stereocenters. The Bertz CT molecular complexity index is 563. The minimum atomic E-state index is -1.22. The Kier molecular flexibility index (Phi) is 4.33. The molecule has 8 heteroatoms. The van der Waals surface area contributed by atoms with Crippen molar-refractivity contribution in [2.24, 2.45) is 5.92 Å². The van der Waals surface area contributed by atoms with Gasteiger partial charge in [0.25, 0.3) is 0 Å². The summed E-state index contributed by atoms with van der Waals surface area (Å²) < 4.78 is 0. The normalized spacial score (nSPS) is 18.4. The summed E-state index contributed by atoms with van der Waals surface area (Å²) in [4.78, 5) is 43.0. The van der Waals surface area contributed by atoms with Gasteiger partial charge in [0, 0.05) is 38.0 Å². The fraction of sp³-hybridized carbons (Fsp3) is 0.417. The summed E-state index contributed by atoms with van der Waals surface area (Å²) >= 11 is 1.17. The van der Waals surface area contributed by atoms with Gasteiger partial charge in [0.05, 0.1) is 0 Å². The Morgan fingerprint density at radius 3 is 2.80 bits per heavy atom. The van der Waals surface area contributed by atoms with Gasteiger partial charge in [-0.15, -0.1) is 0 Å². The fourth-order valence-electron chi connectivity index (χ4n) is 2.01. The van der Waals surface area contributed by atoms with Crippen molar-refractivity contribution in [1.82, 2.24) is 9.97 Å². The maximum atomic E-state index is 12.0. The first-order valence-electron chi connectivity index (χ1n) is 5.97. The number of aromatic carboxylic acids is 1. The minimum Gasteiger partial charge on any atom is -0.476 e. The van der Waals surface area contributed by atoms with Crippen LogP contribution in [-0.4, -0.2) is 44.4 Å². The molecule has 0 bridgehead atoms. The van der Waals surface area contributed by atoms with Gasteiger partial charge >= 0.3 is 5.97 Å². The number of anilines is 1. The Morgan fingerprint density at radius 1 is 1.45 bits per heavy atom. The number of hydrogen-bond donors (Lipinski definition) is 1. The van der Waals surface area contributed by atoms with Crippen molar-refractivity contribution in [3.05, 3.63) is 18.1 Å². The van der Waals surface area contributed by atoms with Crippen LogP contribution < -0.4 is 4.90 Å². The van der Waals surface area contributed by atoms with Crippen LogP contribution in [0.15, 0.2) is 12.4 Å². The highest BCUT2D eigenvalue weighted by Gasteiger charge is 2.34. The first kappa shape index (κ1) is 14.4. The average molecular weight is 295 g/mol. The fourth-order valence-corrected chi connectivity index (χ4v) is 2.71. The molecule has 0 saturated carbocycles. The third-order valence-corrected chi connectivity index (χ3v) is 3.91. The van der Waals surface area contributed by atoms with E-state index in [4.69, 9.17) is 5.11 Å². The zero-order chi connectivity index (χ0) is 14.7. The number of carboxylic acids is 1. The highest BCUT2D eigenvalue weighted by atomic mass is 32.2. The lowest BCUT2D eigenvalue weighted by Gasteiger charge is -2.16. The van der Waals surface area contributed by atoms with Crippen molar-refractivity contribution < 1.29 is 19.5 Å². The SMILES string of the molecule is CC(=O)SCC1CC(=O)N(c2nccnc2C(=O)O)C1. The Morgan fingerprint density at radius 2 is 2.15 bits per heavy atom. The molecule has 0 spiro atoms. The van der Waals surface area contributed by atoms with Crippen LogP contribution in [0.3, 0.4) is 0 Å². The van der Waals surface area contributed by atoms with Gasteiger partial charge < -0.3 is 5.11 Å². The van der Waals surface area contributed by atoms with Crippen molar-refractivity contribution in [2.45, 2.75) is 13.3 Å². The molecule has 106 valence electrons. The topological polar surface area (TPSA) is 100 Å². The van der Waals surface area contributed by atoms with Gasteiger partial charge in [0.15, 0.2) is 16.6 Å². The van der Waals surface area contributed by atoms with E-state index in [0.717, 1.165) is 0 Å². The standard InChI is InChI=1S/C12H13N3O4S/c1-7(16)20-6-8-4-9(17)15(5-8)11-10(12(18)19)13-2-3-14-11/h2-3,8H,4-6H2,1H3,(H,18,19). The van der Waals surface area contributed by atoms with E-state index < -0.39 is 5.97 Å². The largest absolute Gasteiger partial charge is 0.476 e. The molecule has 0 aliphatic carbocycles. The second kappa shape index (κ2) is 6.00. The lowest BCUT2D eigenvalue weighted by molar-refractivity contribution is -0.117. The lowest BCUT2D eigenvalue weighted by atomic mass is 10.1. The minimum absolute atomic E-state index is 0.00151. The zero-order valence-corrected chi connectivity index (χ0v) is 11.6. The first-order valence-corrected chi connectivity index (χ1v) is 6.95. The maximum Gasteiger partial charge on any atom is 0.358 e. The molecule has 1 aliphatic heterocycles. The van der Waals surface area contributed by atoms with E-state index in [2.05, 4.69) is 9.97 Å². The molecule has 1 saturated heterocycles. The number of carbonyl (C=O) groups excluding carboxylic acids is 2. The Hall–Kier alpha value is -1.96. The Labute approximate surface area is 119 Å². The summed E-state index contributed by atoms with van der Waals surface area (Å²) in [6.07, 6.45) is 2.92. The van der Waals surface area contributed by atoms with Gasteiger partial charge in [0.2, 0.25) is 5.91 Å². The molecule has 1 aromatic heterocycles. The number of aromatic nitrogens is 2. The molecule has 0 radical (unpaired) electrons. The second-order valence-corrected chi connectivity index (χ2v) is 5.61. The third kappa shape index (κ3) is 3.13. The van der Waals surface area contributed by atoms with Gasteiger partial charge in [0.1, 0.15) is 0 Å². The van der Waals surface area contributed by atoms with Crippen molar-refractivity contribution in [1.29, 1.82) is 0 Å². The molecule has 7 nitrogen and oxygen atoms in total. The number of carbonyl (C=O) groups is 3. The first-order chi connectivity index (χ1) is 9.49.